The van der Waals surface area contributed by atoms with Crippen molar-refractivity contribution in [3.8, 4) is 0 Å². The number of hydrogen-bond donors (Lipinski definition) is 1. The van der Waals surface area contributed by atoms with Crippen LogP contribution in [0.25, 0.3) is 0 Å². The van der Waals surface area contributed by atoms with E-state index < -0.39 is 0 Å². The Hall–Kier alpha value is -1.46. The summed E-state index contributed by atoms with van der Waals surface area (Å²) in [5, 5.41) is 7.28. The van der Waals surface area contributed by atoms with E-state index in [1.165, 1.54) is 24.8 Å². The molecule has 5 heteroatoms. The molecule has 118 valence electrons. The highest BCUT2D eigenvalue weighted by Crippen LogP contribution is 2.22. The summed E-state index contributed by atoms with van der Waals surface area (Å²) in [6.07, 6.45) is 3.75. The van der Waals surface area contributed by atoms with Crippen molar-refractivity contribution in [2.75, 3.05) is 13.1 Å². The van der Waals surface area contributed by atoms with E-state index in [-0.39, 0.29) is 0 Å². The van der Waals surface area contributed by atoms with E-state index in [2.05, 4.69) is 56.9 Å². The highest BCUT2D eigenvalue weighted by Gasteiger charge is 2.20. The van der Waals surface area contributed by atoms with Gasteiger partial charge in [-0.2, -0.15) is 5.10 Å². The van der Waals surface area contributed by atoms with Gasteiger partial charge < -0.3 is 4.57 Å². The fraction of sp³-hybridized carbons (Fsp3) is 0.529. The average molecular weight is 316 g/mol. The number of likely N-dealkylation sites (tertiary alicyclic amines) is 1. The molecule has 1 fully saturated rings. The molecule has 0 amide bonds. The second kappa shape index (κ2) is 7.20. The van der Waals surface area contributed by atoms with E-state index in [1.54, 1.807) is 0 Å². The summed E-state index contributed by atoms with van der Waals surface area (Å²) in [4.78, 5) is 2.50. The highest BCUT2D eigenvalue weighted by molar-refractivity contribution is 7.71. The van der Waals surface area contributed by atoms with Gasteiger partial charge in [-0.1, -0.05) is 30.3 Å². The Bertz CT molecular complexity index is 638. The Labute approximate surface area is 137 Å². The fourth-order valence-electron chi connectivity index (χ4n) is 3.29. The molecule has 3 rings (SSSR count). The molecule has 1 aromatic carbocycles. The summed E-state index contributed by atoms with van der Waals surface area (Å²) in [5.41, 5.74) is 1.47. The van der Waals surface area contributed by atoms with Crippen molar-refractivity contribution in [2.24, 2.45) is 5.92 Å². The van der Waals surface area contributed by atoms with Crippen LogP contribution in [0.2, 0.25) is 0 Å². The van der Waals surface area contributed by atoms with Gasteiger partial charge in [-0.05, 0) is 63.0 Å². The average Bonchev–Trinajstić information content (AvgIpc) is 2.90. The van der Waals surface area contributed by atoms with Crippen LogP contribution in [0.5, 0.6) is 0 Å². The van der Waals surface area contributed by atoms with Crippen LogP contribution in [0.1, 0.15) is 31.2 Å². The maximum absolute atomic E-state index is 5.26. The molecule has 2 heterocycles. The van der Waals surface area contributed by atoms with Crippen molar-refractivity contribution >= 4 is 12.2 Å². The molecule has 0 spiro atoms. The first-order valence-electron chi connectivity index (χ1n) is 8.16. The van der Waals surface area contributed by atoms with E-state index in [0.717, 1.165) is 42.7 Å². The molecule has 22 heavy (non-hydrogen) atoms. The van der Waals surface area contributed by atoms with E-state index in [4.69, 9.17) is 12.2 Å². The number of nitrogens with zero attached hydrogens (tertiary/aromatic N) is 3. The van der Waals surface area contributed by atoms with Gasteiger partial charge in [0.1, 0.15) is 5.82 Å². The van der Waals surface area contributed by atoms with Crippen molar-refractivity contribution in [2.45, 2.75) is 39.3 Å². The summed E-state index contributed by atoms with van der Waals surface area (Å²) in [6, 6.07) is 10.8. The van der Waals surface area contributed by atoms with Crippen LogP contribution in [0.4, 0.5) is 0 Å². The van der Waals surface area contributed by atoms with Gasteiger partial charge in [0.2, 0.25) is 0 Å². The van der Waals surface area contributed by atoms with Crippen molar-refractivity contribution in [1.82, 2.24) is 19.7 Å². The fourth-order valence-corrected chi connectivity index (χ4v) is 3.57. The zero-order valence-electron chi connectivity index (χ0n) is 13.2. The van der Waals surface area contributed by atoms with E-state index in [0.29, 0.717) is 0 Å². The number of aromatic amines is 1. The highest BCUT2D eigenvalue weighted by atomic mass is 32.1. The number of hydrogen-bond acceptors (Lipinski definition) is 3. The Morgan fingerprint density at radius 3 is 2.64 bits per heavy atom. The van der Waals surface area contributed by atoms with Crippen LogP contribution < -0.4 is 0 Å². The van der Waals surface area contributed by atoms with Crippen LogP contribution >= 0.6 is 12.2 Å². The molecule has 0 aliphatic carbocycles. The lowest BCUT2D eigenvalue weighted by Gasteiger charge is -2.31. The molecule has 1 N–H and O–H groups in total. The van der Waals surface area contributed by atoms with Crippen molar-refractivity contribution in [1.29, 1.82) is 0 Å². The maximum Gasteiger partial charge on any atom is 0.195 e. The van der Waals surface area contributed by atoms with Gasteiger partial charge in [-0.3, -0.25) is 10.00 Å². The summed E-state index contributed by atoms with van der Waals surface area (Å²) in [5.74, 6) is 1.87. The third-order valence-electron chi connectivity index (χ3n) is 4.59. The largest absolute Gasteiger partial charge is 0.303 e. The lowest BCUT2D eigenvalue weighted by atomic mass is 9.90. The topological polar surface area (TPSA) is 36.9 Å². The van der Waals surface area contributed by atoms with Crippen LogP contribution in [-0.4, -0.2) is 32.8 Å². The first-order valence-corrected chi connectivity index (χ1v) is 8.57. The monoisotopic (exact) mass is 316 g/mol. The minimum atomic E-state index is 0.733. The predicted molar refractivity (Wildman–Crippen MR) is 91.2 cm³/mol. The van der Waals surface area contributed by atoms with Crippen LogP contribution in [0.3, 0.4) is 0 Å². The first kappa shape index (κ1) is 15.4. The Morgan fingerprint density at radius 2 is 1.95 bits per heavy atom. The number of nitrogens with one attached hydrogen (secondary N) is 1. The molecule has 0 radical (unpaired) electrons. The van der Waals surface area contributed by atoms with Crippen molar-refractivity contribution in [3.05, 3.63) is 46.5 Å². The zero-order chi connectivity index (χ0) is 15.4. The third kappa shape index (κ3) is 3.65. The molecule has 1 aliphatic heterocycles. The molecule has 1 aliphatic rings. The zero-order valence-corrected chi connectivity index (χ0v) is 14.0. The molecule has 2 aromatic rings. The molecule has 4 nitrogen and oxygen atoms in total. The van der Waals surface area contributed by atoms with E-state index >= 15 is 0 Å². The number of benzene rings is 1. The predicted octanol–water partition coefficient (Wildman–Crippen LogP) is 3.42. The van der Waals surface area contributed by atoms with Gasteiger partial charge in [0.15, 0.2) is 4.77 Å². The van der Waals surface area contributed by atoms with Gasteiger partial charge in [0.05, 0.1) is 6.54 Å². The minimum Gasteiger partial charge on any atom is -0.303 e. The first-order chi connectivity index (χ1) is 10.8. The van der Waals surface area contributed by atoms with Crippen molar-refractivity contribution in [3.63, 3.8) is 0 Å². The minimum absolute atomic E-state index is 0.733. The summed E-state index contributed by atoms with van der Waals surface area (Å²) < 4.78 is 2.82. The molecule has 0 saturated carbocycles. The quantitative estimate of drug-likeness (QED) is 0.859. The third-order valence-corrected chi connectivity index (χ3v) is 4.90. The SMILES string of the molecule is CCn1c(CN2CCC(Cc3ccccc3)CC2)n[nH]c1=S. The smallest absolute Gasteiger partial charge is 0.195 e. The number of aromatic nitrogens is 3. The molecule has 0 bridgehead atoms. The molecule has 1 saturated heterocycles. The number of rotatable bonds is 5. The van der Waals surface area contributed by atoms with E-state index in [9.17, 15) is 0 Å². The Morgan fingerprint density at radius 1 is 1.23 bits per heavy atom. The molecule has 1 aromatic heterocycles. The van der Waals surface area contributed by atoms with Crippen molar-refractivity contribution < 1.29 is 0 Å². The van der Waals surface area contributed by atoms with Crippen LogP contribution in [0.15, 0.2) is 30.3 Å². The molecular formula is C17H24N4S. The van der Waals surface area contributed by atoms with Gasteiger partial charge in [-0.25, -0.2) is 0 Å². The summed E-state index contributed by atoms with van der Waals surface area (Å²) in [7, 11) is 0. The number of piperidine rings is 1. The molecular weight excluding hydrogens is 292 g/mol. The molecule has 0 unspecified atom stereocenters. The Kier molecular flexibility index (Phi) is 5.05. The van der Waals surface area contributed by atoms with Gasteiger partial charge in [0.25, 0.3) is 0 Å². The standard InChI is InChI=1S/C17H24N4S/c1-2-21-16(18-19-17(21)22)13-20-10-8-15(9-11-20)12-14-6-4-3-5-7-14/h3-7,15H,2,8-13H2,1H3,(H,19,22). The maximum atomic E-state index is 5.26. The van der Waals surface area contributed by atoms with E-state index in [1.807, 2.05) is 0 Å². The normalized spacial score (nSPS) is 17.0. The van der Waals surface area contributed by atoms with Gasteiger partial charge >= 0.3 is 0 Å². The van der Waals surface area contributed by atoms with Gasteiger partial charge in [-0.15, -0.1) is 0 Å². The molecule has 0 atom stereocenters. The lowest BCUT2D eigenvalue weighted by Crippen LogP contribution is -2.34. The van der Waals surface area contributed by atoms with Crippen LogP contribution in [0, 0.1) is 10.7 Å². The van der Waals surface area contributed by atoms with Gasteiger partial charge in [0, 0.05) is 6.54 Å². The summed E-state index contributed by atoms with van der Waals surface area (Å²) in [6.45, 7) is 6.21. The second-order valence-corrected chi connectivity index (χ2v) is 6.49. The second-order valence-electron chi connectivity index (χ2n) is 6.10. The summed E-state index contributed by atoms with van der Waals surface area (Å²) >= 11 is 5.26. The van der Waals surface area contributed by atoms with Crippen LogP contribution in [-0.2, 0) is 19.5 Å². The lowest BCUT2D eigenvalue weighted by molar-refractivity contribution is 0.171. The number of H-pyrrole nitrogens is 1. The Balaban J connectivity index is 1.52.